The normalized spacial score (nSPS) is 17.2. The Balaban J connectivity index is 1.92. The molecule has 4 heteroatoms. The zero-order valence-electron chi connectivity index (χ0n) is 9.17. The molecule has 0 saturated heterocycles. The summed E-state index contributed by atoms with van der Waals surface area (Å²) in [6, 6.07) is 5.70. The van der Waals surface area contributed by atoms with Gasteiger partial charge in [0.2, 0.25) is 0 Å². The fourth-order valence-electron chi connectivity index (χ4n) is 1.75. The highest BCUT2D eigenvalue weighted by Crippen LogP contribution is 2.33. The minimum atomic E-state index is 0.428. The largest absolute Gasteiger partial charge is 0.492 e. The highest BCUT2D eigenvalue weighted by molar-refractivity contribution is 6.34. The third-order valence-electron chi connectivity index (χ3n) is 2.83. The Bertz CT molecular complexity index is 346. The van der Waals surface area contributed by atoms with E-state index in [-0.39, 0.29) is 0 Å². The molecule has 0 aromatic heterocycles. The second-order valence-corrected chi connectivity index (χ2v) is 5.02. The Hall–Kier alpha value is -0.440. The van der Waals surface area contributed by atoms with Gasteiger partial charge in [-0.2, -0.15) is 0 Å². The number of halogens is 2. The first kappa shape index (κ1) is 12.0. The number of ether oxygens (including phenoxy) is 1. The molecule has 1 atom stereocenters. The van der Waals surface area contributed by atoms with Crippen molar-refractivity contribution in [2.75, 3.05) is 13.7 Å². The molecule has 1 fully saturated rings. The molecule has 0 unspecified atom stereocenters. The van der Waals surface area contributed by atoms with Gasteiger partial charge in [-0.05, 0) is 44.0 Å². The summed E-state index contributed by atoms with van der Waals surface area (Å²) >= 11 is 11.8. The van der Waals surface area contributed by atoms with E-state index in [1.165, 1.54) is 12.8 Å². The summed E-state index contributed by atoms with van der Waals surface area (Å²) in [7, 11) is 1.97. The molecule has 0 spiro atoms. The van der Waals surface area contributed by atoms with Crippen LogP contribution in [0, 0.1) is 5.92 Å². The van der Waals surface area contributed by atoms with E-state index in [9.17, 15) is 0 Å². The molecule has 2 rings (SSSR count). The molecule has 0 aliphatic heterocycles. The van der Waals surface area contributed by atoms with E-state index in [2.05, 4.69) is 5.32 Å². The van der Waals surface area contributed by atoms with Gasteiger partial charge < -0.3 is 10.1 Å². The Morgan fingerprint density at radius 1 is 1.31 bits per heavy atom. The third-order valence-corrected chi connectivity index (χ3v) is 3.26. The van der Waals surface area contributed by atoms with Gasteiger partial charge >= 0.3 is 0 Å². The van der Waals surface area contributed by atoms with Crippen molar-refractivity contribution >= 4 is 23.2 Å². The summed E-state index contributed by atoms with van der Waals surface area (Å²) in [5, 5.41) is 4.49. The van der Waals surface area contributed by atoms with Gasteiger partial charge in [-0.15, -0.1) is 0 Å². The topological polar surface area (TPSA) is 21.3 Å². The highest BCUT2D eigenvalue weighted by Gasteiger charge is 2.30. The molecular weight excluding hydrogens is 245 g/mol. The van der Waals surface area contributed by atoms with Crippen molar-refractivity contribution in [3.8, 4) is 5.75 Å². The van der Waals surface area contributed by atoms with Crippen LogP contribution in [0.2, 0.25) is 10.0 Å². The molecule has 0 heterocycles. The van der Waals surface area contributed by atoms with Crippen LogP contribution < -0.4 is 10.1 Å². The first-order chi connectivity index (χ1) is 7.69. The first-order valence-electron chi connectivity index (χ1n) is 5.45. The molecule has 1 aliphatic carbocycles. The van der Waals surface area contributed by atoms with Crippen LogP contribution in [0.3, 0.4) is 0 Å². The van der Waals surface area contributed by atoms with Crippen LogP contribution in [-0.2, 0) is 0 Å². The van der Waals surface area contributed by atoms with Crippen molar-refractivity contribution in [2.24, 2.45) is 5.92 Å². The van der Waals surface area contributed by atoms with Gasteiger partial charge in [-0.1, -0.05) is 23.2 Å². The molecular formula is C12H15Cl2NO. The lowest BCUT2D eigenvalue weighted by atomic mass is 10.2. The molecule has 0 bridgehead atoms. The van der Waals surface area contributed by atoms with Crippen LogP contribution in [0.1, 0.15) is 12.8 Å². The van der Waals surface area contributed by atoms with Gasteiger partial charge in [0, 0.05) is 16.1 Å². The molecule has 1 N–H and O–H groups in total. The average molecular weight is 260 g/mol. The second kappa shape index (κ2) is 5.26. The van der Waals surface area contributed by atoms with E-state index in [0.717, 1.165) is 11.7 Å². The number of hydrogen-bond donors (Lipinski definition) is 1. The van der Waals surface area contributed by atoms with Crippen LogP contribution >= 0.6 is 23.2 Å². The summed E-state index contributed by atoms with van der Waals surface area (Å²) in [5.41, 5.74) is 0. The first-order valence-corrected chi connectivity index (χ1v) is 6.21. The molecule has 1 saturated carbocycles. The Kier molecular flexibility index (Phi) is 3.95. The number of nitrogens with one attached hydrogen (secondary N) is 1. The fourth-order valence-corrected chi connectivity index (χ4v) is 2.26. The maximum absolute atomic E-state index is 5.89. The lowest BCUT2D eigenvalue weighted by molar-refractivity contribution is 0.256. The Morgan fingerprint density at radius 2 is 1.94 bits per heavy atom. The molecule has 1 aromatic rings. The SMILES string of the molecule is CN[C@H](COc1cc(Cl)cc(Cl)c1)C1CC1. The van der Waals surface area contributed by atoms with E-state index >= 15 is 0 Å². The van der Waals surface area contributed by atoms with Crippen LogP contribution in [0.5, 0.6) is 5.75 Å². The van der Waals surface area contributed by atoms with Crippen LogP contribution in [0.15, 0.2) is 18.2 Å². The highest BCUT2D eigenvalue weighted by atomic mass is 35.5. The number of likely N-dealkylation sites (N-methyl/N-ethyl adjacent to an activating group) is 1. The summed E-state index contributed by atoms with van der Waals surface area (Å²) in [4.78, 5) is 0. The molecule has 0 radical (unpaired) electrons. The Labute approximate surface area is 106 Å². The van der Waals surface area contributed by atoms with Gasteiger partial charge in [0.15, 0.2) is 0 Å². The van der Waals surface area contributed by atoms with Crippen molar-refractivity contribution < 1.29 is 4.74 Å². The van der Waals surface area contributed by atoms with E-state index in [0.29, 0.717) is 22.7 Å². The van der Waals surface area contributed by atoms with Gasteiger partial charge in [0.25, 0.3) is 0 Å². The zero-order chi connectivity index (χ0) is 11.5. The number of rotatable bonds is 5. The molecule has 2 nitrogen and oxygen atoms in total. The minimum Gasteiger partial charge on any atom is -0.492 e. The zero-order valence-corrected chi connectivity index (χ0v) is 10.7. The van der Waals surface area contributed by atoms with Crippen molar-refractivity contribution in [1.29, 1.82) is 0 Å². The molecule has 1 aromatic carbocycles. The van der Waals surface area contributed by atoms with Gasteiger partial charge in [-0.25, -0.2) is 0 Å². The van der Waals surface area contributed by atoms with Crippen molar-refractivity contribution in [1.82, 2.24) is 5.32 Å². The summed E-state index contributed by atoms with van der Waals surface area (Å²) in [6.45, 7) is 0.665. The smallest absolute Gasteiger partial charge is 0.122 e. The Morgan fingerprint density at radius 3 is 2.44 bits per heavy atom. The summed E-state index contributed by atoms with van der Waals surface area (Å²) < 4.78 is 5.69. The maximum Gasteiger partial charge on any atom is 0.122 e. The third kappa shape index (κ3) is 3.27. The monoisotopic (exact) mass is 259 g/mol. The van der Waals surface area contributed by atoms with E-state index < -0.39 is 0 Å². The molecule has 88 valence electrons. The lowest BCUT2D eigenvalue weighted by Gasteiger charge is -2.16. The second-order valence-electron chi connectivity index (χ2n) is 4.15. The quantitative estimate of drug-likeness (QED) is 0.876. The predicted molar refractivity (Wildman–Crippen MR) is 67.5 cm³/mol. The molecule has 1 aliphatic rings. The summed E-state index contributed by atoms with van der Waals surface area (Å²) in [6.07, 6.45) is 2.59. The predicted octanol–water partition coefficient (Wildman–Crippen LogP) is 3.37. The van der Waals surface area contributed by atoms with Gasteiger partial charge in [-0.3, -0.25) is 0 Å². The van der Waals surface area contributed by atoms with Crippen molar-refractivity contribution in [3.05, 3.63) is 28.2 Å². The fraction of sp³-hybridized carbons (Fsp3) is 0.500. The van der Waals surface area contributed by atoms with Crippen molar-refractivity contribution in [3.63, 3.8) is 0 Å². The molecule has 0 amide bonds. The van der Waals surface area contributed by atoms with Crippen molar-refractivity contribution in [2.45, 2.75) is 18.9 Å². The minimum absolute atomic E-state index is 0.428. The maximum atomic E-state index is 5.89. The lowest BCUT2D eigenvalue weighted by Crippen LogP contribution is -2.33. The van der Waals surface area contributed by atoms with Gasteiger partial charge in [0.1, 0.15) is 12.4 Å². The van der Waals surface area contributed by atoms with Gasteiger partial charge in [0.05, 0.1) is 0 Å². The standard InChI is InChI=1S/C12H15Cl2NO/c1-15-12(8-2-3-8)7-16-11-5-9(13)4-10(14)6-11/h4-6,8,12,15H,2-3,7H2,1H3/t12-/m1/s1. The van der Waals surface area contributed by atoms with E-state index in [1.54, 1.807) is 18.2 Å². The number of hydrogen-bond acceptors (Lipinski definition) is 2. The van der Waals surface area contributed by atoms with E-state index in [1.807, 2.05) is 7.05 Å². The summed E-state index contributed by atoms with van der Waals surface area (Å²) in [5.74, 6) is 1.50. The van der Waals surface area contributed by atoms with Crippen LogP contribution in [0.4, 0.5) is 0 Å². The average Bonchev–Trinajstić information content (AvgIpc) is 3.01. The van der Waals surface area contributed by atoms with Crippen LogP contribution in [0.25, 0.3) is 0 Å². The number of benzene rings is 1. The molecule has 16 heavy (non-hydrogen) atoms. The van der Waals surface area contributed by atoms with Crippen LogP contribution in [-0.4, -0.2) is 19.7 Å². The van der Waals surface area contributed by atoms with E-state index in [4.69, 9.17) is 27.9 Å².